The molecule has 0 atom stereocenters. The largest absolute Gasteiger partial charge is 0.460 e. The lowest BCUT2D eigenvalue weighted by Gasteiger charge is -2.08. The van der Waals surface area contributed by atoms with Crippen molar-refractivity contribution >= 4 is 17.6 Å². The number of carbonyl (C=O) groups excluding carboxylic acids is 2. The number of hydrogen-bond acceptors (Lipinski definition) is 6. The van der Waals surface area contributed by atoms with Crippen molar-refractivity contribution in [2.45, 2.75) is 20.0 Å². The molecular formula is C16H16FN3O4. The first-order valence-corrected chi connectivity index (χ1v) is 7.15. The molecule has 1 N–H and O–H groups in total. The van der Waals surface area contributed by atoms with E-state index < -0.39 is 17.7 Å². The summed E-state index contributed by atoms with van der Waals surface area (Å²) in [7, 11) is 0. The lowest BCUT2D eigenvalue weighted by atomic mass is 10.2. The highest BCUT2D eigenvalue weighted by Crippen LogP contribution is 2.10. The van der Waals surface area contributed by atoms with E-state index >= 15 is 0 Å². The highest BCUT2D eigenvalue weighted by Gasteiger charge is 2.10. The Balaban J connectivity index is 1.90. The summed E-state index contributed by atoms with van der Waals surface area (Å²) in [6.45, 7) is 3.13. The highest BCUT2D eigenvalue weighted by atomic mass is 19.1. The first-order valence-electron chi connectivity index (χ1n) is 7.15. The van der Waals surface area contributed by atoms with Gasteiger partial charge in [0.05, 0.1) is 11.7 Å². The van der Waals surface area contributed by atoms with E-state index in [0.29, 0.717) is 5.69 Å². The van der Waals surface area contributed by atoms with Crippen LogP contribution in [0, 0.1) is 5.82 Å². The predicted molar refractivity (Wildman–Crippen MR) is 83.1 cm³/mol. The number of carbonyl (C=O) groups is 2. The van der Waals surface area contributed by atoms with Crippen molar-refractivity contribution in [1.29, 1.82) is 0 Å². The van der Waals surface area contributed by atoms with Crippen molar-refractivity contribution < 1.29 is 23.5 Å². The number of aromatic nitrogens is 2. The molecule has 0 unspecified atom stereocenters. The first-order chi connectivity index (χ1) is 11.4. The van der Waals surface area contributed by atoms with Gasteiger partial charge in [-0.1, -0.05) is 0 Å². The SMILES string of the molecule is CC(C)OC(=O)COc1ncc(C(=O)Nc2ccc(F)cc2)cn1. The van der Waals surface area contributed by atoms with Crippen LogP contribution in [0.4, 0.5) is 10.1 Å². The van der Waals surface area contributed by atoms with E-state index in [-0.39, 0.29) is 24.3 Å². The molecule has 0 fully saturated rings. The number of anilines is 1. The maximum absolute atomic E-state index is 12.8. The minimum atomic E-state index is -0.535. The number of nitrogens with zero attached hydrogens (tertiary/aromatic N) is 2. The maximum atomic E-state index is 12.8. The molecule has 0 radical (unpaired) electrons. The van der Waals surface area contributed by atoms with Gasteiger partial charge in [0, 0.05) is 18.1 Å². The van der Waals surface area contributed by atoms with Crippen LogP contribution in [0.3, 0.4) is 0 Å². The first kappa shape index (κ1) is 17.3. The van der Waals surface area contributed by atoms with Crippen LogP contribution in [-0.4, -0.2) is 34.6 Å². The predicted octanol–water partition coefficient (Wildman–Crippen LogP) is 2.20. The zero-order valence-electron chi connectivity index (χ0n) is 13.2. The van der Waals surface area contributed by atoms with Crippen LogP contribution < -0.4 is 10.1 Å². The van der Waals surface area contributed by atoms with E-state index in [0.717, 1.165) is 0 Å². The van der Waals surface area contributed by atoms with Gasteiger partial charge in [0.25, 0.3) is 5.91 Å². The Morgan fingerprint density at radius 1 is 1.17 bits per heavy atom. The van der Waals surface area contributed by atoms with Crippen molar-refractivity contribution in [2.75, 3.05) is 11.9 Å². The molecule has 2 aromatic rings. The number of amides is 1. The Labute approximate surface area is 137 Å². The van der Waals surface area contributed by atoms with Gasteiger partial charge in [-0.25, -0.2) is 19.2 Å². The maximum Gasteiger partial charge on any atom is 0.344 e. The molecule has 24 heavy (non-hydrogen) atoms. The van der Waals surface area contributed by atoms with Gasteiger partial charge in [-0.2, -0.15) is 0 Å². The van der Waals surface area contributed by atoms with E-state index in [4.69, 9.17) is 9.47 Å². The van der Waals surface area contributed by atoms with Crippen molar-refractivity contribution in [1.82, 2.24) is 9.97 Å². The van der Waals surface area contributed by atoms with Crippen LogP contribution in [0.2, 0.25) is 0 Å². The Kier molecular flexibility index (Phi) is 5.78. The average molecular weight is 333 g/mol. The van der Waals surface area contributed by atoms with Crippen molar-refractivity contribution in [3.8, 4) is 6.01 Å². The van der Waals surface area contributed by atoms with E-state index in [1.54, 1.807) is 13.8 Å². The molecule has 0 aliphatic heterocycles. The summed E-state index contributed by atoms with van der Waals surface area (Å²) < 4.78 is 22.8. The van der Waals surface area contributed by atoms with E-state index in [1.165, 1.54) is 36.7 Å². The molecule has 126 valence electrons. The van der Waals surface area contributed by atoms with Crippen LogP contribution in [-0.2, 0) is 9.53 Å². The third-order valence-electron chi connectivity index (χ3n) is 2.68. The normalized spacial score (nSPS) is 10.3. The van der Waals surface area contributed by atoms with Gasteiger partial charge in [0.1, 0.15) is 5.82 Å². The Bertz CT molecular complexity index is 702. The third kappa shape index (κ3) is 5.31. The lowest BCUT2D eigenvalue weighted by Crippen LogP contribution is -2.19. The van der Waals surface area contributed by atoms with Gasteiger partial charge >= 0.3 is 12.0 Å². The Morgan fingerprint density at radius 3 is 2.38 bits per heavy atom. The monoisotopic (exact) mass is 333 g/mol. The van der Waals surface area contributed by atoms with Crippen LogP contribution in [0.5, 0.6) is 6.01 Å². The summed E-state index contributed by atoms with van der Waals surface area (Å²) in [6, 6.07) is 5.30. The summed E-state index contributed by atoms with van der Waals surface area (Å²) in [5.74, 6) is -1.38. The number of halogens is 1. The molecule has 0 aliphatic carbocycles. The van der Waals surface area contributed by atoms with Crippen LogP contribution in [0.25, 0.3) is 0 Å². The van der Waals surface area contributed by atoms with Gasteiger partial charge in [0.15, 0.2) is 6.61 Å². The Morgan fingerprint density at radius 2 is 1.79 bits per heavy atom. The second-order valence-electron chi connectivity index (χ2n) is 5.04. The Hall–Kier alpha value is -3.03. The van der Waals surface area contributed by atoms with E-state index in [9.17, 15) is 14.0 Å². The molecule has 8 heteroatoms. The molecule has 0 spiro atoms. The molecule has 1 aromatic carbocycles. The fourth-order valence-electron chi connectivity index (χ4n) is 1.66. The minimum absolute atomic E-state index is 0.0472. The summed E-state index contributed by atoms with van der Waals surface area (Å²) in [5, 5.41) is 2.58. The molecule has 1 heterocycles. The van der Waals surface area contributed by atoms with Gasteiger partial charge in [-0.3, -0.25) is 4.79 Å². The summed E-state index contributed by atoms with van der Waals surface area (Å²) in [4.78, 5) is 31.0. The summed E-state index contributed by atoms with van der Waals surface area (Å²) in [5.41, 5.74) is 0.634. The number of benzene rings is 1. The number of ether oxygens (including phenoxy) is 2. The smallest absolute Gasteiger partial charge is 0.344 e. The van der Waals surface area contributed by atoms with E-state index in [1.807, 2.05) is 0 Å². The van der Waals surface area contributed by atoms with Crippen LogP contribution >= 0.6 is 0 Å². The van der Waals surface area contributed by atoms with E-state index in [2.05, 4.69) is 15.3 Å². The molecule has 1 aromatic heterocycles. The molecule has 2 rings (SSSR count). The molecular weight excluding hydrogens is 317 g/mol. The topological polar surface area (TPSA) is 90.4 Å². The number of rotatable bonds is 6. The number of nitrogens with one attached hydrogen (secondary N) is 1. The molecule has 0 bridgehead atoms. The number of hydrogen-bond donors (Lipinski definition) is 1. The van der Waals surface area contributed by atoms with Gasteiger partial charge in [-0.05, 0) is 38.1 Å². The van der Waals surface area contributed by atoms with Gasteiger partial charge < -0.3 is 14.8 Å². The standard InChI is InChI=1S/C16H16FN3O4/c1-10(2)24-14(21)9-23-16-18-7-11(8-19-16)15(22)20-13-5-3-12(17)4-6-13/h3-8,10H,9H2,1-2H3,(H,20,22). The molecule has 0 saturated heterocycles. The molecule has 0 saturated carbocycles. The fraction of sp³-hybridized carbons (Fsp3) is 0.250. The summed E-state index contributed by atoms with van der Waals surface area (Å²) >= 11 is 0. The molecule has 1 amide bonds. The number of esters is 1. The highest BCUT2D eigenvalue weighted by molar-refractivity contribution is 6.03. The van der Waals surface area contributed by atoms with Gasteiger partial charge in [0.2, 0.25) is 0 Å². The van der Waals surface area contributed by atoms with Crippen molar-refractivity contribution in [3.05, 3.63) is 48.0 Å². The van der Waals surface area contributed by atoms with Crippen molar-refractivity contribution in [2.24, 2.45) is 0 Å². The van der Waals surface area contributed by atoms with Gasteiger partial charge in [-0.15, -0.1) is 0 Å². The molecule has 0 aliphatic rings. The zero-order chi connectivity index (χ0) is 17.5. The summed E-state index contributed by atoms with van der Waals surface area (Å²) in [6.07, 6.45) is 2.28. The second kappa shape index (κ2) is 8.00. The molecule has 7 nitrogen and oxygen atoms in total. The zero-order valence-corrected chi connectivity index (χ0v) is 13.2. The van der Waals surface area contributed by atoms with Crippen molar-refractivity contribution in [3.63, 3.8) is 0 Å². The quantitative estimate of drug-likeness (QED) is 0.815. The van der Waals surface area contributed by atoms with Crippen LogP contribution in [0.1, 0.15) is 24.2 Å². The second-order valence-corrected chi connectivity index (χ2v) is 5.04. The fourth-order valence-corrected chi connectivity index (χ4v) is 1.66. The average Bonchev–Trinajstić information content (AvgIpc) is 2.55. The third-order valence-corrected chi connectivity index (χ3v) is 2.68. The van der Waals surface area contributed by atoms with Crippen LogP contribution in [0.15, 0.2) is 36.7 Å². The minimum Gasteiger partial charge on any atom is -0.460 e. The lowest BCUT2D eigenvalue weighted by molar-refractivity contribution is -0.149.